The second-order valence-electron chi connectivity index (χ2n) is 2.52. The highest BCUT2D eigenvalue weighted by Gasteiger charge is 1.88. The van der Waals surface area contributed by atoms with Gasteiger partial charge < -0.3 is 0 Å². The van der Waals surface area contributed by atoms with E-state index in [0.29, 0.717) is 0 Å². The fraction of sp³-hybridized carbons (Fsp3) is 0.400. The van der Waals surface area contributed by atoms with Crippen molar-refractivity contribution < 1.29 is 0 Å². The second-order valence-corrected chi connectivity index (χ2v) is 2.52. The molecule has 0 aliphatic rings. The van der Waals surface area contributed by atoms with Gasteiger partial charge in [-0.1, -0.05) is 38.1 Å². The lowest BCUT2D eigenvalue weighted by atomic mass is 10.1. The standard InChI is InChI=1S/C10H14.BH3/c1-3-9-5-7-10(4-2)8-6-9;/h5-8H,3-4H2,1-2H3;1H3. The smallest absolute Gasteiger partial charge is 0.0613 e. The molecular formula is C10H17B. The van der Waals surface area contributed by atoms with Crippen molar-refractivity contribution in [3.05, 3.63) is 35.4 Å². The molecule has 0 amide bonds. The Morgan fingerprint density at radius 3 is 1.27 bits per heavy atom. The van der Waals surface area contributed by atoms with Crippen LogP contribution >= 0.6 is 0 Å². The second kappa shape index (κ2) is 5.00. The van der Waals surface area contributed by atoms with E-state index in [-0.39, 0.29) is 8.41 Å². The molecule has 1 aromatic carbocycles. The molecule has 1 aromatic rings. The predicted molar refractivity (Wildman–Crippen MR) is 55.1 cm³/mol. The molecule has 0 aliphatic carbocycles. The molecule has 0 aliphatic heterocycles. The van der Waals surface area contributed by atoms with Crippen LogP contribution in [0, 0.1) is 0 Å². The van der Waals surface area contributed by atoms with Gasteiger partial charge in [-0.15, -0.1) is 0 Å². The third-order valence-corrected chi connectivity index (χ3v) is 1.84. The average molecular weight is 148 g/mol. The highest BCUT2D eigenvalue weighted by atomic mass is 13.9. The van der Waals surface area contributed by atoms with E-state index in [0.717, 1.165) is 12.8 Å². The van der Waals surface area contributed by atoms with Gasteiger partial charge in [-0.05, 0) is 24.0 Å². The van der Waals surface area contributed by atoms with Crippen molar-refractivity contribution in [1.82, 2.24) is 0 Å². The van der Waals surface area contributed by atoms with Crippen LogP contribution in [0.2, 0.25) is 0 Å². The van der Waals surface area contributed by atoms with Crippen molar-refractivity contribution in [3.63, 3.8) is 0 Å². The van der Waals surface area contributed by atoms with Crippen molar-refractivity contribution in [2.75, 3.05) is 0 Å². The molecular weight excluding hydrogens is 131 g/mol. The number of benzene rings is 1. The van der Waals surface area contributed by atoms with E-state index in [2.05, 4.69) is 38.1 Å². The zero-order valence-electron chi connectivity index (χ0n) is 6.72. The Morgan fingerprint density at radius 1 is 0.818 bits per heavy atom. The van der Waals surface area contributed by atoms with Gasteiger partial charge in [-0.3, -0.25) is 0 Å². The summed E-state index contributed by atoms with van der Waals surface area (Å²) in [5, 5.41) is 0. The fourth-order valence-electron chi connectivity index (χ4n) is 1.01. The first kappa shape index (κ1) is 10.3. The van der Waals surface area contributed by atoms with Gasteiger partial charge in [0.25, 0.3) is 0 Å². The highest BCUT2D eigenvalue weighted by Crippen LogP contribution is 2.04. The highest BCUT2D eigenvalue weighted by molar-refractivity contribution is 5.75. The van der Waals surface area contributed by atoms with Gasteiger partial charge in [0, 0.05) is 0 Å². The summed E-state index contributed by atoms with van der Waals surface area (Å²) < 4.78 is 0. The van der Waals surface area contributed by atoms with Crippen LogP contribution in [0.15, 0.2) is 24.3 Å². The van der Waals surface area contributed by atoms with Gasteiger partial charge in [0.2, 0.25) is 0 Å². The number of rotatable bonds is 2. The number of hydrogen-bond acceptors (Lipinski definition) is 0. The molecule has 11 heavy (non-hydrogen) atoms. The molecule has 0 heterocycles. The predicted octanol–water partition coefficient (Wildman–Crippen LogP) is 1.63. The van der Waals surface area contributed by atoms with Crippen molar-refractivity contribution in [3.8, 4) is 0 Å². The maximum absolute atomic E-state index is 2.21. The summed E-state index contributed by atoms with van der Waals surface area (Å²) >= 11 is 0. The molecule has 0 N–H and O–H groups in total. The summed E-state index contributed by atoms with van der Waals surface area (Å²) in [4.78, 5) is 0. The Bertz CT molecular complexity index is 166. The van der Waals surface area contributed by atoms with Crippen molar-refractivity contribution in [2.24, 2.45) is 0 Å². The molecule has 0 radical (unpaired) electrons. The average Bonchev–Trinajstić information content (AvgIpc) is 2.05. The quantitative estimate of drug-likeness (QED) is 0.559. The van der Waals surface area contributed by atoms with E-state index in [1.54, 1.807) is 0 Å². The Kier molecular flexibility index (Phi) is 4.68. The van der Waals surface area contributed by atoms with E-state index in [9.17, 15) is 0 Å². The molecule has 0 nitrogen and oxygen atoms in total. The lowest BCUT2D eigenvalue weighted by molar-refractivity contribution is 1.10. The maximum Gasteiger partial charge on any atom is 0.0814 e. The first-order chi connectivity index (χ1) is 4.86. The molecule has 0 bridgehead atoms. The Morgan fingerprint density at radius 2 is 1.09 bits per heavy atom. The van der Waals surface area contributed by atoms with E-state index in [1.807, 2.05) is 0 Å². The topological polar surface area (TPSA) is 0 Å². The zero-order chi connectivity index (χ0) is 7.40. The minimum Gasteiger partial charge on any atom is -0.0613 e. The van der Waals surface area contributed by atoms with Crippen LogP contribution in [0.25, 0.3) is 0 Å². The minimum atomic E-state index is 0. The molecule has 0 spiro atoms. The van der Waals surface area contributed by atoms with Gasteiger partial charge in [-0.25, -0.2) is 0 Å². The van der Waals surface area contributed by atoms with Crippen LogP contribution in [0.5, 0.6) is 0 Å². The Labute approximate surface area is 71.2 Å². The van der Waals surface area contributed by atoms with E-state index < -0.39 is 0 Å². The van der Waals surface area contributed by atoms with Gasteiger partial charge in [0.1, 0.15) is 0 Å². The minimum absolute atomic E-state index is 0. The van der Waals surface area contributed by atoms with Crippen molar-refractivity contribution in [1.29, 1.82) is 0 Å². The molecule has 0 saturated carbocycles. The lowest BCUT2D eigenvalue weighted by Gasteiger charge is -1.97. The fourth-order valence-corrected chi connectivity index (χ4v) is 1.01. The van der Waals surface area contributed by atoms with Crippen LogP contribution in [-0.2, 0) is 12.8 Å². The molecule has 60 valence electrons. The summed E-state index contributed by atoms with van der Waals surface area (Å²) in [6, 6.07) is 8.83. The van der Waals surface area contributed by atoms with Crippen molar-refractivity contribution in [2.45, 2.75) is 26.7 Å². The normalized spacial score (nSPS) is 8.91. The maximum atomic E-state index is 2.21. The molecule has 0 unspecified atom stereocenters. The first-order valence-corrected chi connectivity index (χ1v) is 3.94. The summed E-state index contributed by atoms with van der Waals surface area (Å²) in [6.45, 7) is 4.36. The summed E-state index contributed by atoms with van der Waals surface area (Å²) in [5.41, 5.74) is 2.86. The van der Waals surface area contributed by atoms with Crippen LogP contribution in [-0.4, -0.2) is 8.41 Å². The molecule has 0 atom stereocenters. The van der Waals surface area contributed by atoms with Crippen LogP contribution < -0.4 is 0 Å². The van der Waals surface area contributed by atoms with E-state index in [4.69, 9.17) is 0 Å². The summed E-state index contributed by atoms with van der Waals surface area (Å²) in [5.74, 6) is 0. The van der Waals surface area contributed by atoms with Gasteiger partial charge >= 0.3 is 0 Å². The number of hydrogen-bond donors (Lipinski definition) is 0. The third kappa shape index (κ3) is 2.79. The molecule has 0 aromatic heterocycles. The molecule has 0 saturated heterocycles. The van der Waals surface area contributed by atoms with E-state index >= 15 is 0 Å². The molecule has 1 heteroatoms. The molecule has 1 rings (SSSR count). The summed E-state index contributed by atoms with van der Waals surface area (Å²) in [6.07, 6.45) is 2.29. The van der Waals surface area contributed by atoms with Crippen LogP contribution in [0.3, 0.4) is 0 Å². The lowest BCUT2D eigenvalue weighted by Crippen LogP contribution is -1.81. The zero-order valence-corrected chi connectivity index (χ0v) is 6.72. The van der Waals surface area contributed by atoms with Gasteiger partial charge in [0.15, 0.2) is 0 Å². The third-order valence-electron chi connectivity index (χ3n) is 1.84. The van der Waals surface area contributed by atoms with Crippen LogP contribution in [0.1, 0.15) is 25.0 Å². The number of aryl methyl sites for hydroxylation is 2. The largest absolute Gasteiger partial charge is 0.0814 e. The Balaban J connectivity index is 0.000001000. The van der Waals surface area contributed by atoms with Crippen molar-refractivity contribution >= 4 is 8.41 Å². The van der Waals surface area contributed by atoms with Crippen LogP contribution in [0.4, 0.5) is 0 Å². The van der Waals surface area contributed by atoms with Gasteiger partial charge in [0.05, 0.1) is 8.41 Å². The Hall–Kier alpha value is -0.715. The monoisotopic (exact) mass is 148 g/mol. The summed E-state index contributed by atoms with van der Waals surface area (Å²) in [7, 11) is 0. The first-order valence-electron chi connectivity index (χ1n) is 3.94. The van der Waals surface area contributed by atoms with Gasteiger partial charge in [-0.2, -0.15) is 0 Å². The molecule has 0 fully saturated rings. The SMILES string of the molecule is B.CCc1ccc(CC)cc1. The van der Waals surface area contributed by atoms with E-state index in [1.165, 1.54) is 11.1 Å².